The molecule has 1 aromatic carbocycles. The number of likely N-dealkylation sites (N-methyl/N-ethyl adjacent to an activating group) is 1. The van der Waals surface area contributed by atoms with Crippen LogP contribution in [0.1, 0.15) is 35.6 Å². The number of anilines is 1. The number of hydrogen-bond donors (Lipinski definition) is 2. The molecule has 0 saturated carbocycles. The van der Waals surface area contributed by atoms with Crippen molar-refractivity contribution < 1.29 is 27.9 Å². The molecule has 1 fully saturated rings. The number of benzene rings is 1. The van der Waals surface area contributed by atoms with Gasteiger partial charge < -0.3 is 10.0 Å². The highest BCUT2D eigenvalue weighted by Crippen LogP contribution is 2.22. The number of nitrogens with one attached hydrogen (secondary N) is 1. The Morgan fingerprint density at radius 2 is 1.71 bits per heavy atom. The Morgan fingerprint density at radius 3 is 2.21 bits per heavy atom. The SMILES string of the molecule is CC(C)CN(NC(=O)c1ccc(CN2CCN(CCN(C)C)CC2)cc1)c1nc(C#N)ncc1Cl.O=C(O)C(F)(F)F. The zero-order valence-corrected chi connectivity index (χ0v) is 24.8. The maximum Gasteiger partial charge on any atom is 0.490 e. The molecule has 230 valence electrons. The molecule has 11 nitrogen and oxygen atoms in total. The topological polar surface area (TPSA) is 129 Å². The first kappa shape index (κ1) is 34.7. The van der Waals surface area contributed by atoms with Gasteiger partial charge >= 0.3 is 12.1 Å². The van der Waals surface area contributed by atoms with Gasteiger partial charge in [-0.3, -0.25) is 25.0 Å². The van der Waals surface area contributed by atoms with Crippen molar-refractivity contribution in [2.75, 3.05) is 64.9 Å². The number of hydrazine groups is 1. The van der Waals surface area contributed by atoms with Crippen LogP contribution in [0.2, 0.25) is 5.02 Å². The number of nitrogens with zero attached hydrogens (tertiary/aromatic N) is 7. The highest BCUT2D eigenvalue weighted by atomic mass is 35.5. The van der Waals surface area contributed by atoms with Crippen molar-refractivity contribution in [1.82, 2.24) is 30.1 Å². The third kappa shape index (κ3) is 11.8. The number of piperazine rings is 1. The monoisotopic (exact) mass is 612 g/mol. The molecule has 1 saturated heterocycles. The highest BCUT2D eigenvalue weighted by Gasteiger charge is 2.38. The van der Waals surface area contributed by atoms with Gasteiger partial charge in [-0.2, -0.15) is 23.4 Å². The van der Waals surface area contributed by atoms with Crippen LogP contribution in [-0.4, -0.2) is 108 Å². The van der Waals surface area contributed by atoms with E-state index < -0.39 is 12.1 Å². The molecular formula is C27H36ClF3N8O3. The minimum absolute atomic E-state index is 0.00436. The maximum absolute atomic E-state index is 13.0. The Hall–Kier alpha value is -3.51. The van der Waals surface area contributed by atoms with Crippen LogP contribution in [-0.2, 0) is 11.3 Å². The van der Waals surface area contributed by atoms with Gasteiger partial charge in [-0.15, -0.1) is 0 Å². The predicted molar refractivity (Wildman–Crippen MR) is 152 cm³/mol. The van der Waals surface area contributed by atoms with E-state index in [1.165, 1.54) is 11.8 Å². The van der Waals surface area contributed by atoms with Crippen LogP contribution >= 0.6 is 11.6 Å². The van der Waals surface area contributed by atoms with Crippen LogP contribution in [0.4, 0.5) is 19.0 Å². The van der Waals surface area contributed by atoms with E-state index in [2.05, 4.69) is 44.2 Å². The van der Waals surface area contributed by atoms with Crippen LogP contribution in [0.15, 0.2) is 30.5 Å². The van der Waals surface area contributed by atoms with E-state index in [1.807, 2.05) is 44.2 Å². The van der Waals surface area contributed by atoms with E-state index in [9.17, 15) is 18.0 Å². The molecule has 0 unspecified atom stereocenters. The van der Waals surface area contributed by atoms with Gasteiger partial charge in [0.25, 0.3) is 5.91 Å². The molecule has 1 aromatic heterocycles. The van der Waals surface area contributed by atoms with Crippen molar-refractivity contribution >= 4 is 29.3 Å². The number of aliphatic carboxylic acids is 1. The van der Waals surface area contributed by atoms with Gasteiger partial charge in [-0.05, 0) is 37.7 Å². The molecule has 2 N–H and O–H groups in total. The van der Waals surface area contributed by atoms with Gasteiger partial charge in [-0.25, -0.2) is 9.78 Å². The molecule has 15 heteroatoms. The van der Waals surface area contributed by atoms with Crippen LogP contribution < -0.4 is 10.4 Å². The average Bonchev–Trinajstić information content (AvgIpc) is 2.92. The molecule has 0 aliphatic carbocycles. The second-order valence-electron chi connectivity index (χ2n) is 10.3. The zero-order chi connectivity index (χ0) is 31.4. The molecular weight excluding hydrogens is 577 g/mol. The van der Waals surface area contributed by atoms with Crippen molar-refractivity contribution in [2.24, 2.45) is 5.92 Å². The quantitative estimate of drug-likeness (QED) is 0.386. The Balaban J connectivity index is 0.000000782. The van der Waals surface area contributed by atoms with Crippen LogP contribution in [0.3, 0.4) is 0 Å². The molecule has 0 radical (unpaired) electrons. The van der Waals surface area contributed by atoms with Crippen LogP contribution in [0.25, 0.3) is 0 Å². The number of carboxylic acid groups (broad SMARTS) is 1. The van der Waals surface area contributed by atoms with Gasteiger partial charge in [0.05, 0.1) is 6.20 Å². The van der Waals surface area contributed by atoms with E-state index >= 15 is 0 Å². The summed E-state index contributed by atoms with van der Waals surface area (Å²) in [6.07, 6.45) is -3.71. The number of nitriles is 1. The van der Waals surface area contributed by atoms with E-state index in [0.29, 0.717) is 17.9 Å². The van der Waals surface area contributed by atoms with Crippen molar-refractivity contribution in [2.45, 2.75) is 26.6 Å². The standard InChI is InChI=1S/C25H35ClN8O.C2HF3O2/c1-19(2)17-34(24-22(26)16-28-23(15-27)29-24)30-25(35)21-7-5-20(6-8-21)18-33-13-11-32(12-14-33)10-9-31(3)4;3-2(4,5)1(6)7/h5-8,16,19H,9-14,17-18H2,1-4H3,(H,30,35);(H,6,7). The fraction of sp³-hybridized carbons (Fsp3) is 0.519. The lowest BCUT2D eigenvalue weighted by molar-refractivity contribution is -0.192. The smallest absolute Gasteiger partial charge is 0.475 e. The van der Waals surface area contributed by atoms with Gasteiger partial charge in [0.1, 0.15) is 11.1 Å². The van der Waals surface area contributed by atoms with Crippen LogP contribution in [0, 0.1) is 17.2 Å². The number of carbonyl (C=O) groups is 2. The second-order valence-corrected chi connectivity index (χ2v) is 10.8. The molecule has 0 atom stereocenters. The van der Waals surface area contributed by atoms with E-state index in [4.69, 9.17) is 26.8 Å². The first-order chi connectivity index (χ1) is 19.7. The molecule has 1 aliphatic rings. The van der Waals surface area contributed by atoms with E-state index in [0.717, 1.165) is 45.8 Å². The summed E-state index contributed by atoms with van der Waals surface area (Å²) in [5, 5.41) is 18.1. The minimum Gasteiger partial charge on any atom is -0.475 e. The summed E-state index contributed by atoms with van der Waals surface area (Å²) in [6, 6.07) is 9.60. The van der Waals surface area contributed by atoms with Gasteiger partial charge in [0.15, 0.2) is 5.82 Å². The number of carbonyl (C=O) groups excluding carboxylic acids is 1. The second kappa shape index (κ2) is 16.2. The van der Waals surface area contributed by atoms with Gasteiger partial charge in [-0.1, -0.05) is 37.6 Å². The summed E-state index contributed by atoms with van der Waals surface area (Å²) in [7, 11) is 4.22. The third-order valence-electron chi connectivity index (χ3n) is 6.06. The van der Waals surface area contributed by atoms with E-state index in [-0.39, 0.29) is 22.7 Å². The fourth-order valence-corrected chi connectivity index (χ4v) is 4.06. The van der Waals surface area contributed by atoms with Crippen molar-refractivity contribution in [1.29, 1.82) is 5.26 Å². The summed E-state index contributed by atoms with van der Waals surface area (Å²) in [4.78, 5) is 37.2. The lowest BCUT2D eigenvalue weighted by atomic mass is 10.1. The van der Waals surface area contributed by atoms with Crippen LogP contribution in [0.5, 0.6) is 0 Å². The molecule has 2 aromatic rings. The number of carboxylic acids is 1. The predicted octanol–water partition coefficient (Wildman–Crippen LogP) is 3.12. The van der Waals surface area contributed by atoms with Crippen molar-refractivity contribution in [3.63, 3.8) is 0 Å². The van der Waals surface area contributed by atoms with Crippen molar-refractivity contribution in [3.8, 4) is 6.07 Å². The summed E-state index contributed by atoms with van der Waals surface area (Å²) in [5.41, 5.74) is 4.61. The Bertz CT molecular complexity index is 1210. The zero-order valence-electron chi connectivity index (χ0n) is 24.0. The average molecular weight is 613 g/mol. The number of hydrogen-bond acceptors (Lipinski definition) is 9. The summed E-state index contributed by atoms with van der Waals surface area (Å²) in [6.45, 7) is 11.8. The van der Waals surface area contributed by atoms with Gasteiger partial charge in [0, 0.05) is 57.9 Å². The third-order valence-corrected chi connectivity index (χ3v) is 6.33. The Morgan fingerprint density at radius 1 is 1.14 bits per heavy atom. The Labute approximate surface area is 248 Å². The molecule has 1 aliphatic heterocycles. The largest absolute Gasteiger partial charge is 0.490 e. The summed E-state index contributed by atoms with van der Waals surface area (Å²) in [5.74, 6) is -2.50. The molecule has 2 heterocycles. The number of rotatable bonds is 10. The highest BCUT2D eigenvalue weighted by molar-refractivity contribution is 6.32. The molecule has 0 spiro atoms. The molecule has 1 amide bonds. The Kier molecular flexibility index (Phi) is 13.4. The number of aromatic nitrogens is 2. The molecule has 3 rings (SSSR count). The lowest BCUT2D eigenvalue weighted by Gasteiger charge is -2.35. The van der Waals surface area contributed by atoms with Crippen molar-refractivity contribution in [3.05, 3.63) is 52.4 Å². The first-order valence-electron chi connectivity index (χ1n) is 13.2. The minimum atomic E-state index is -5.08. The lowest BCUT2D eigenvalue weighted by Crippen LogP contribution is -2.47. The van der Waals surface area contributed by atoms with E-state index in [1.54, 1.807) is 5.01 Å². The van der Waals surface area contributed by atoms with Gasteiger partial charge in [0.2, 0.25) is 5.82 Å². The number of alkyl halides is 3. The summed E-state index contributed by atoms with van der Waals surface area (Å²) < 4.78 is 31.7. The number of amides is 1. The molecule has 42 heavy (non-hydrogen) atoms. The molecule has 0 bridgehead atoms. The number of halogens is 4. The normalized spacial score (nSPS) is 14.2. The first-order valence-corrected chi connectivity index (χ1v) is 13.6. The fourth-order valence-electron chi connectivity index (χ4n) is 3.87. The summed E-state index contributed by atoms with van der Waals surface area (Å²) >= 11 is 6.28. The maximum atomic E-state index is 13.0.